The highest BCUT2D eigenvalue weighted by Gasteiger charge is 2.34. The van der Waals surface area contributed by atoms with Gasteiger partial charge in [-0.3, -0.25) is 4.79 Å². The lowest BCUT2D eigenvalue weighted by Crippen LogP contribution is -2.19. The predicted octanol–water partition coefficient (Wildman–Crippen LogP) is 3.27. The molecule has 0 heterocycles. The van der Waals surface area contributed by atoms with Crippen molar-refractivity contribution in [1.29, 1.82) is 0 Å². The van der Waals surface area contributed by atoms with Crippen LogP contribution >= 0.6 is 11.6 Å². The molecule has 0 aromatic heterocycles. The first-order valence-electron chi connectivity index (χ1n) is 6.50. The largest absolute Gasteiger partial charge is 0.271 e. The number of nitrogens with zero attached hydrogens (tertiary/aromatic N) is 1. The van der Waals surface area contributed by atoms with E-state index in [1.165, 1.54) is 6.42 Å². The molecule has 0 spiro atoms. The maximum Gasteiger partial charge on any atom is 0.271 e. The van der Waals surface area contributed by atoms with Gasteiger partial charge in [-0.2, -0.15) is 5.10 Å². The average Bonchev–Trinajstić information content (AvgIpc) is 3.02. The molecule has 1 aromatic carbocycles. The van der Waals surface area contributed by atoms with Crippen LogP contribution < -0.4 is 5.43 Å². The number of carbonyl (C=O) groups excluding carboxylic acids is 1. The monoisotopic (exact) mass is 274 g/mol. The summed E-state index contributed by atoms with van der Waals surface area (Å²) in [5.74, 6) is 1.60. The Morgan fingerprint density at radius 3 is 2.68 bits per heavy atom. The summed E-state index contributed by atoms with van der Waals surface area (Å²) in [4.78, 5) is 11.8. The van der Waals surface area contributed by atoms with Gasteiger partial charge in [0, 0.05) is 22.7 Å². The van der Waals surface area contributed by atoms with E-state index >= 15 is 0 Å². The molecule has 1 aromatic rings. The Hall–Kier alpha value is -1.61. The quantitative estimate of drug-likeness (QED) is 0.513. The number of halogens is 1. The fourth-order valence-corrected chi connectivity index (χ4v) is 2.98. The van der Waals surface area contributed by atoms with E-state index in [2.05, 4.69) is 22.7 Å². The van der Waals surface area contributed by atoms with Crippen molar-refractivity contribution in [3.05, 3.63) is 47.0 Å². The maximum atomic E-state index is 11.8. The van der Waals surface area contributed by atoms with Crippen LogP contribution in [0.25, 0.3) is 0 Å². The SMILES string of the molecule is O=C(N/N=C\[C@@H]1C[C@H]2C=C[C@H]1C2)c1ccc(Cl)cc1. The van der Waals surface area contributed by atoms with Gasteiger partial charge in [0.15, 0.2) is 0 Å². The Kier molecular flexibility index (Phi) is 3.38. The molecule has 0 radical (unpaired) electrons. The predicted molar refractivity (Wildman–Crippen MR) is 76.3 cm³/mol. The standard InChI is InChI=1S/C15H15ClN2O/c16-14-5-3-11(4-6-14)15(19)18-17-9-13-8-10-1-2-12(13)7-10/h1-6,9-10,12-13H,7-8H2,(H,18,19)/b17-9-/t10-,12-,13-/m0/s1. The van der Waals surface area contributed by atoms with E-state index in [-0.39, 0.29) is 5.91 Å². The van der Waals surface area contributed by atoms with Gasteiger partial charge in [0.25, 0.3) is 5.91 Å². The first-order valence-corrected chi connectivity index (χ1v) is 6.87. The highest BCUT2D eigenvalue weighted by atomic mass is 35.5. The van der Waals surface area contributed by atoms with Crippen molar-refractivity contribution in [2.24, 2.45) is 22.9 Å². The highest BCUT2D eigenvalue weighted by Crippen LogP contribution is 2.42. The van der Waals surface area contributed by atoms with E-state index in [0.29, 0.717) is 28.3 Å². The third-order valence-corrected chi connectivity index (χ3v) is 4.12. The molecule has 3 nitrogen and oxygen atoms in total. The molecule has 1 amide bonds. The van der Waals surface area contributed by atoms with Crippen LogP contribution in [-0.4, -0.2) is 12.1 Å². The minimum absolute atomic E-state index is 0.202. The number of carbonyl (C=O) groups is 1. The minimum atomic E-state index is -0.202. The summed E-state index contributed by atoms with van der Waals surface area (Å²) >= 11 is 5.78. The van der Waals surface area contributed by atoms with Crippen LogP contribution in [0, 0.1) is 17.8 Å². The van der Waals surface area contributed by atoms with Crippen LogP contribution in [0.1, 0.15) is 23.2 Å². The summed E-state index contributed by atoms with van der Waals surface area (Å²) in [6, 6.07) is 6.77. The van der Waals surface area contributed by atoms with Crippen molar-refractivity contribution >= 4 is 23.7 Å². The summed E-state index contributed by atoms with van der Waals surface area (Å²) in [6.07, 6.45) is 8.83. The van der Waals surface area contributed by atoms with Gasteiger partial charge in [-0.25, -0.2) is 5.43 Å². The second-order valence-electron chi connectivity index (χ2n) is 5.17. The van der Waals surface area contributed by atoms with Crippen molar-refractivity contribution in [3.63, 3.8) is 0 Å². The minimum Gasteiger partial charge on any atom is -0.267 e. The molecule has 1 fully saturated rings. The third-order valence-electron chi connectivity index (χ3n) is 3.87. The van der Waals surface area contributed by atoms with Crippen LogP contribution in [0.5, 0.6) is 0 Å². The second kappa shape index (κ2) is 5.17. The van der Waals surface area contributed by atoms with Gasteiger partial charge in [0.1, 0.15) is 0 Å². The van der Waals surface area contributed by atoms with Crippen LogP contribution in [0.3, 0.4) is 0 Å². The topological polar surface area (TPSA) is 41.5 Å². The zero-order valence-corrected chi connectivity index (χ0v) is 11.2. The van der Waals surface area contributed by atoms with Gasteiger partial charge in [-0.1, -0.05) is 23.8 Å². The molecule has 0 aliphatic heterocycles. The molecule has 2 aliphatic carbocycles. The van der Waals surface area contributed by atoms with Crippen LogP contribution in [0.2, 0.25) is 5.02 Å². The molecule has 2 aliphatic rings. The Labute approximate surface area is 117 Å². The van der Waals surface area contributed by atoms with Gasteiger partial charge in [-0.05, 0) is 48.9 Å². The molecule has 1 N–H and O–H groups in total. The maximum absolute atomic E-state index is 11.8. The zero-order valence-electron chi connectivity index (χ0n) is 10.4. The number of hydrogen-bond donors (Lipinski definition) is 1. The summed E-state index contributed by atoms with van der Waals surface area (Å²) in [5, 5.41) is 4.70. The lowest BCUT2D eigenvalue weighted by molar-refractivity contribution is 0.0955. The molecule has 3 rings (SSSR count). The van der Waals surface area contributed by atoms with Crippen LogP contribution in [0.4, 0.5) is 0 Å². The summed E-state index contributed by atoms with van der Waals surface area (Å²) in [5.41, 5.74) is 3.13. The Morgan fingerprint density at radius 1 is 1.26 bits per heavy atom. The van der Waals surface area contributed by atoms with Gasteiger partial charge in [0.2, 0.25) is 0 Å². The molecule has 2 bridgehead atoms. The number of nitrogens with one attached hydrogen (secondary N) is 1. The van der Waals surface area contributed by atoms with Gasteiger partial charge in [-0.15, -0.1) is 0 Å². The molecule has 19 heavy (non-hydrogen) atoms. The average molecular weight is 275 g/mol. The lowest BCUT2D eigenvalue weighted by atomic mass is 9.95. The molecule has 1 saturated carbocycles. The molecule has 4 heteroatoms. The number of rotatable bonds is 3. The van der Waals surface area contributed by atoms with E-state index in [1.54, 1.807) is 24.3 Å². The number of hydrogen-bond acceptors (Lipinski definition) is 2. The summed E-state index contributed by atoms with van der Waals surface area (Å²) in [7, 11) is 0. The van der Waals surface area contributed by atoms with Crippen LogP contribution in [-0.2, 0) is 0 Å². The first kappa shape index (κ1) is 12.4. The highest BCUT2D eigenvalue weighted by molar-refractivity contribution is 6.30. The normalized spacial score (nSPS) is 28.2. The fourth-order valence-electron chi connectivity index (χ4n) is 2.85. The van der Waals surface area contributed by atoms with Crippen molar-refractivity contribution < 1.29 is 4.79 Å². The summed E-state index contributed by atoms with van der Waals surface area (Å²) < 4.78 is 0. The number of allylic oxidation sites excluding steroid dienone is 2. The van der Waals surface area contributed by atoms with Crippen molar-refractivity contribution in [1.82, 2.24) is 5.43 Å². The Morgan fingerprint density at radius 2 is 2.05 bits per heavy atom. The van der Waals surface area contributed by atoms with Gasteiger partial charge in [0.05, 0.1) is 0 Å². The number of fused-ring (bicyclic) bond motifs is 2. The first-order chi connectivity index (χ1) is 9.22. The van der Waals surface area contributed by atoms with Crippen molar-refractivity contribution in [3.8, 4) is 0 Å². The number of amides is 1. The number of hydrazone groups is 1. The van der Waals surface area contributed by atoms with E-state index in [9.17, 15) is 4.79 Å². The van der Waals surface area contributed by atoms with Gasteiger partial charge < -0.3 is 0 Å². The van der Waals surface area contributed by atoms with Crippen LogP contribution in [0.15, 0.2) is 41.5 Å². The lowest BCUT2D eigenvalue weighted by Gasteiger charge is -2.11. The molecule has 0 unspecified atom stereocenters. The summed E-state index contributed by atoms with van der Waals surface area (Å²) in [6.45, 7) is 0. The van der Waals surface area contributed by atoms with E-state index in [0.717, 1.165) is 6.42 Å². The number of benzene rings is 1. The molecule has 98 valence electrons. The van der Waals surface area contributed by atoms with Crippen molar-refractivity contribution in [2.75, 3.05) is 0 Å². The molecule has 0 saturated heterocycles. The molecular weight excluding hydrogens is 260 g/mol. The van der Waals surface area contributed by atoms with Crippen molar-refractivity contribution in [2.45, 2.75) is 12.8 Å². The molecule has 3 atom stereocenters. The third kappa shape index (κ3) is 2.71. The second-order valence-corrected chi connectivity index (χ2v) is 5.61. The Bertz CT molecular complexity index is 536. The molecular formula is C15H15ClN2O. The smallest absolute Gasteiger partial charge is 0.267 e. The zero-order chi connectivity index (χ0) is 13.2. The fraction of sp³-hybridized carbons (Fsp3) is 0.333. The Balaban J connectivity index is 1.56. The van der Waals surface area contributed by atoms with E-state index in [1.807, 2.05) is 6.21 Å². The van der Waals surface area contributed by atoms with Gasteiger partial charge >= 0.3 is 0 Å². The van der Waals surface area contributed by atoms with E-state index < -0.39 is 0 Å². The van der Waals surface area contributed by atoms with E-state index in [4.69, 9.17) is 11.6 Å².